The molecule has 9 nitrogen and oxygen atoms in total. The normalized spacial score (nSPS) is 14.4. The highest BCUT2D eigenvalue weighted by Crippen LogP contribution is 2.26. The number of rotatable bonds is 11. The van der Waals surface area contributed by atoms with Crippen LogP contribution in [-0.2, 0) is 24.8 Å². The molecule has 3 aromatic carbocycles. The third-order valence-corrected chi connectivity index (χ3v) is 10.7. The highest BCUT2D eigenvalue weighted by atomic mass is 79.9. The minimum Gasteiger partial charge on any atom is -0.492 e. The predicted molar refractivity (Wildman–Crippen MR) is 157 cm³/mol. The Labute approximate surface area is 244 Å². The number of ether oxygens (including phenoxy) is 1. The van der Waals surface area contributed by atoms with Crippen LogP contribution in [0.2, 0.25) is 0 Å². The fraction of sp³-hybridized carbons (Fsp3) is 0.321. The van der Waals surface area contributed by atoms with Crippen LogP contribution in [0, 0.1) is 6.92 Å². The van der Waals surface area contributed by atoms with Gasteiger partial charge in [-0.2, -0.15) is 4.31 Å². The highest BCUT2D eigenvalue weighted by molar-refractivity contribution is 9.10. The summed E-state index contributed by atoms with van der Waals surface area (Å²) in [6.07, 6.45) is 2.77. The van der Waals surface area contributed by atoms with E-state index in [9.17, 15) is 21.6 Å². The topological polar surface area (TPSA) is 113 Å². The standard InChI is InChI=1S/C28H32BrN3O6S2/c1-22-5-13-27(14-6-22)40(36,37)32(24-9-7-23(29)8-10-24)21-28(33)30-17-20-38-25-11-15-26(16-12-25)39(34,35)31-18-3-2-4-19-31/h5-16H,2-4,17-21H2,1H3,(H,30,33). The zero-order chi connectivity index (χ0) is 28.8. The molecule has 1 amide bonds. The lowest BCUT2D eigenvalue weighted by Gasteiger charge is -2.25. The summed E-state index contributed by atoms with van der Waals surface area (Å²) in [6.45, 7) is 2.77. The number of aryl methyl sites for hydroxylation is 1. The van der Waals surface area contributed by atoms with Gasteiger partial charge in [0.25, 0.3) is 10.0 Å². The van der Waals surface area contributed by atoms with Crippen molar-refractivity contribution in [1.82, 2.24) is 9.62 Å². The Morgan fingerprint density at radius 3 is 2.10 bits per heavy atom. The van der Waals surface area contributed by atoms with Crippen molar-refractivity contribution in [2.75, 3.05) is 37.1 Å². The molecule has 0 radical (unpaired) electrons. The molecule has 12 heteroatoms. The number of carbonyl (C=O) groups is 1. The molecular formula is C28H32BrN3O6S2. The highest BCUT2D eigenvalue weighted by Gasteiger charge is 2.28. The predicted octanol–water partition coefficient (Wildman–Crippen LogP) is 4.32. The smallest absolute Gasteiger partial charge is 0.264 e. The van der Waals surface area contributed by atoms with Crippen molar-refractivity contribution in [3.05, 3.63) is 82.8 Å². The molecule has 1 fully saturated rings. The second-order valence-corrected chi connectivity index (χ2v) is 14.2. The molecule has 1 aliphatic rings. The van der Waals surface area contributed by atoms with E-state index in [0.29, 0.717) is 24.5 Å². The number of hydrogen-bond donors (Lipinski definition) is 1. The number of halogens is 1. The molecule has 1 aliphatic heterocycles. The van der Waals surface area contributed by atoms with Gasteiger partial charge in [-0.3, -0.25) is 9.10 Å². The van der Waals surface area contributed by atoms with E-state index in [0.717, 1.165) is 33.6 Å². The number of benzene rings is 3. The molecule has 0 atom stereocenters. The minimum atomic E-state index is -4.00. The fourth-order valence-electron chi connectivity index (χ4n) is 4.27. The summed E-state index contributed by atoms with van der Waals surface area (Å²) >= 11 is 3.35. The Kier molecular flexibility index (Phi) is 9.88. The monoisotopic (exact) mass is 649 g/mol. The largest absolute Gasteiger partial charge is 0.492 e. The summed E-state index contributed by atoms with van der Waals surface area (Å²) < 4.78 is 61.5. The van der Waals surface area contributed by atoms with Gasteiger partial charge in [-0.15, -0.1) is 0 Å². The molecule has 0 spiro atoms. The Bertz CT molecular complexity index is 1510. The molecule has 3 aromatic rings. The number of amides is 1. The van der Waals surface area contributed by atoms with Gasteiger partial charge in [0, 0.05) is 17.6 Å². The second-order valence-electron chi connectivity index (χ2n) is 9.44. The van der Waals surface area contributed by atoms with E-state index in [1.165, 1.54) is 28.6 Å². The van der Waals surface area contributed by atoms with Crippen molar-refractivity contribution < 1.29 is 26.4 Å². The quantitative estimate of drug-likeness (QED) is 0.310. The Morgan fingerprint density at radius 1 is 0.875 bits per heavy atom. The number of anilines is 1. The number of carbonyl (C=O) groups excluding carboxylic acids is 1. The maximum atomic E-state index is 13.4. The zero-order valence-electron chi connectivity index (χ0n) is 22.1. The average molecular weight is 651 g/mol. The van der Waals surface area contributed by atoms with E-state index in [1.807, 2.05) is 6.92 Å². The molecule has 0 aromatic heterocycles. The van der Waals surface area contributed by atoms with Crippen molar-refractivity contribution in [3.8, 4) is 5.75 Å². The van der Waals surface area contributed by atoms with Crippen LogP contribution in [-0.4, -0.2) is 59.8 Å². The van der Waals surface area contributed by atoms with E-state index in [-0.39, 0.29) is 22.9 Å². The molecule has 0 aliphatic carbocycles. The van der Waals surface area contributed by atoms with E-state index in [2.05, 4.69) is 21.2 Å². The number of hydrogen-bond acceptors (Lipinski definition) is 6. The molecule has 0 unspecified atom stereocenters. The number of nitrogens with zero attached hydrogens (tertiary/aromatic N) is 2. The zero-order valence-corrected chi connectivity index (χ0v) is 25.3. The van der Waals surface area contributed by atoms with E-state index < -0.39 is 32.5 Å². The summed E-state index contributed by atoms with van der Waals surface area (Å²) in [6, 6.07) is 19.3. The molecule has 40 heavy (non-hydrogen) atoms. The summed E-state index contributed by atoms with van der Waals surface area (Å²) in [4.78, 5) is 13.1. The first-order valence-corrected chi connectivity index (χ1v) is 16.6. The van der Waals surface area contributed by atoms with Gasteiger partial charge in [0.1, 0.15) is 18.9 Å². The lowest BCUT2D eigenvalue weighted by molar-refractivity contribution is -0.119. The minimum absolute atomic E-state index is 0.0860. The number of sulfonamides is 2. The Balaban J connectivity index is 1.35. The molecule has 1 heterocycles. The van der Waals surface area contributed by atoms with Crippen molar-refractivity contribution in [2.45, 2.75) is 36.0 Å². The molecule has 0 bridgehead atoms. The Morgan fingerprint density at radius 2 is 1.48 bits per heavy atom. The summed E-state index contributed by atoms with van der Waals surface area (Å²) in [5.41, 5.74) is 1.28. The number of nitrogens with one attached hydrogen (secondary N) is 1. The van der Waals surface area contributed by atoms with Crippen LogP contribution < -0.4 is 14.4 Å². The SMILES string of the molecule is Cc1ccc(S(=O)(=O)N(CC(=O)NCCOc2ccc(S(=O)(=O)N3CCCCC3)cc2)c2ccc(Br)cc2)cc1. The van der Waals surface area contributed by atoms with Crippen molar-refractivity contribution in [1.29, 1.82) is 0 Å². The second kappa shape index (κ2) is 13.2. The van der Waals surface area contributed by atoms with Crippen LogP contribution in [0.25, 0.3) is 0 Å². The first-order chi connectivity index (χ1) is 19.1. The van der Waals surface area contributed by atoms with Gasteiger partial charge in [0.05, 0.1) is 22.0 Å². The van der Waals surface area contributed by atoms with Crippen LogP contribution in [0.15, 0.2) is 87.1 Å². The summed E-state index contributed by atoms with van der Waals surface area (Å²) in [5, 5.41) is 2.69. The van der Waals surface area contributed by atoms with Crippen molar-refractivity contribution in [3.63, 3.8) is 0 Å². The van der Waals surface area contributed by atoms with Crippen LogP contribution in [0.4, 0.5) is 5.69 Å². The average Bonchev–Trinajstić information content (AvgIpc) is 2.95. The van der Waals surface area contributed by atoms with E-state index >= 15 is 0 Å². The molecule has 1 saturated heterocycles. The number of piperidine rings is 1. The van der Waals surface area contributed by atoms with Gasteiger partial charge >= 0.3 is 0 Å². The van der Waals surface area contributed by atoms with Gasteiger partial charge in [0.15, 0.2) is 0 Å². The van der Waals surface area contributed by atoms with E-state index in [1.54, 1.807) is 48.5 Å². The maximum Gasteiger partial charge on any atom is 0.264 e. The third kappa shape index (κ3) is 7.42. The maximum absolute atomic E-state index is 13.4. The molecule has 1 N–H and O–H groups in total. The van der Waals surface area contributed by atoms with Crippen LogP contribution >= 0.6 is 15.9 Å². The van der Waals surface area contributed by atoms with Crippen LogP contribution in [0.3, 0.4) is 0 Å². The Hall–Kier alpha value is -2.93. The first-order valence-electron chi connectivity index (χ1n) is 12.9. The van der Waals surface area contributed by atoms with Crippen LogP contribution in [0.5, 0.6) is 5.75 Å². The van der Waals surface area contributed by atoms with Gasteiger partial charge in [-0.05, 0) is 80.4 Å². The van der Waals surface area contributed by atoms with Gasteiger partial charge in [0.2, 0.25) is 15.9 Å². The molecular weight excluding hydrogens is 618 g/mol. The lowest BCUT2D eigenvalue weighted by atomic mass is 10.2. The van der Waals surface area contributed by atoms with Gasteiger partial charge in [-0.25, -0.2) is 16.8 Å². The van der Waals surface area contributed by atoms with Gasteiger partial charge in [-0.1, -0.05) is 40.0 Å². The fourth-order valence-corrected chi connectivity index (χ4v) is 7.47. The summed E-state index contributed by atoms with van der Waals surface area (Å²) in [7, 11) is -7.53. The van der Waals surface area contributed by atoms with Crippen LogP contribution in [0.1, 0.15) is 24.8 Å². The third-order valence-electron chi connectivity index (χ3n) is 6.48. The molecule has 0 saturated carbocycles. The van der Waals surface area contributed by atoms with E-state index in [4.69, 9.17) is 4.74 Å². The van der Waals surface area contributed by atoms with Crippen molar-refractivity contribution >= 4 is 47.6 Å². The van der Waals surface area contributed by atoms with Crippen molar-refractivity contribution in [2.24, 2.45) is 0 Å². The van der Waals surface area contributed by atoms with Gasteiger partial charge < -0.3 is 10.1 Å². The molecule has 4 rings (SSSR count). The first kappa shape index (κ1) is 30.0. The molecule has 214 valence electrons. The lowest BCUT2D eigenvalue weighted by Crippen LogP contribution is -2.41. The summed E-state index contributed by atoms with van der Waals surface area (Å²) in [5.74, 6) is -0.0320.